The topological polar surface area (TPSA) is 60.5 Å². The van der Waals surface area contributed by atoms with E-state index >= 15 is 0 Å². The molecule has 29 heavy (non-hydrogen) atoms. The molecular formula is C21H19F3N2O3. The van der Waals surface area contributed by atoms with E-state index in [2.05, 4.69) is 10.3 Å². The van der Waals surface area contributed by atoms with Crippen LogP contribution in [0.15, 0.2) is 54.7 Å². The molecule has 1 heterocycles. The summed E-state index contributed by atoms with van der Waals surface area (Å²) in [6.07, 6.45) is -3.59. The molecule has 0 aliphatic heterocycles. The van der Waals surface area contributed by atoms with Gasteiger partial charge in [-0.3, -0.25) is 10.3 Å². The van der Waals surface area contributed by atoms with E-state index in [0.717, 1.165) is 12.1 Å². The number of rotatable bonds is 3. The van der Waals surface area contributed by atoms with Crippen LogP contribution in [-0.2, 0) is 10.9 Å². The minimum atomic E-state index is -4.48. The fraction of sp³-hybridized carbons (Fsp3) is 0.238. The zero-order valence-corrected chi connectivity index (χ0v) is 16.0. The van der Waals surface area contributed by atoms with Gasteiger partial charge < -0.3 is 9.47 Å². The van der Waals surface area contributed by atoms with Crippen molar-refractivity contribution in [3.63, 3.8) is 0 Å². The molecule has 8 heteroatoms. The second kappa shape index (κ2) is 7.62. The van der Waals surface area contributed by atoms with Gasteiger partial charge in [0.25, 0.3) is 0 Å². The van der Waals surface area contributed by atoms with Gasteiger partial charge in [-0.05, 0) is 57.2 Å². The predicted octanol–water partition coefficient (Wildman–Crippen LogP) is 6.39. The van der Waals surface area contributed by atoms with Gasteiger partial charge in [-0.2, -0.15) is 13.2 Å². The van der Waals surface area contributed by atoms with Crippen molar-refractivity contribution in [2.45, 2.75) is 32.5 Å². The molecule has 3 aromatic rings. The highest BCUT2D eigenvalue weighted by atomic mass is 19.4. The minimum absolute atomic E-state index is 0.0133. The van der Waals surface area contributed by atoms with E-state index in [-0.39, 0.29) is 11.5 Å². The number of pyridine rings is 1. The lowest BCUT2D eigenvalue weighted by molar-refractivity contribution is -0.137. The number of amides is 1. The summed E-state index contributed by atoms with van der Waals surface area (Å²) in [6, 6.07) is 11.1. The lowest BCUT2D eigenvalue weighted by Crippen LogP contribution is -2.27. The number of anilines is 1. The highest BCUT2D eigenvalue weighted by Crippen LogP contribution is 2.36. The number of hydrogen-bond donors (Lipinski definition) is 1. The molecule has 0 atom stereocenters. The third kappa shape index (κ3) is 5.37. The third-order valence-electron chi connectivity index (χ3n) is 3.72. The zero-order chi connectivity index (χ0) is 21.2. The number of ether oxygens (including phenoxy) is 2. The van der Waals surface area contributed by atoms with E-state index in [1.54, 1.807) is 45.2 Å². The maximum Gasteiger partial charge on any atom is 0.416 e. The third-order valence-corrected chi connectivity index (χ3v) is 3.72. The molecule has 0 unspecified atom stereocenters. The number of nitrogens with zero attached hydrogens (tertiary/aromatic N) is 1. The zero-order valence-electron chi connectivity index (χ0n) is 16.0. The Balaban J connectivity index is 1.96. The van der Waals surface area contributed by atoms with Crippen molar-refractivity contribution in [3.05, 3.63) is 60.3 Å². The molecule has 0 fully saturated rings. The lowest BCUT2D eigenvalue weighted by Gasteiger charge is -2.20. The Morgan fingerprint density at radius 3 is 2.48 bits per heavy atom. The predicted molar refractivity (Wildman–Crippen MR) is 103 cm³/mol. The van der Waals surface area contributed by atoms with Gasteiger partial charge in [0.05, 0.1) is 11.1 Å². The summed E-state index contributed by atoms with van der Waals surface area (Å²) < 4.78 is 49.9. The van der Waals surface area contributed by atoms with E-state index in [4.69, 9.17) is 9.47 Å². The Hall–Kier alpha value is -3.29. The summed E-state index contributed by atoms with van der Waals surface area (Å²) in [5.74, 6) is 0.264. The molecule has 0 aliphatic carbocycles. The van der Waals surface area contributed by atoms with Crippen LogP contribution < -0.4 is 10.1 Å². The molecular weight excluding hydrogens is 385 g/mol. The fourth-order valence-corrected chi connectivity index (χ4v) is 2.59. The highest BCUT2D eigenvalue weighted by molar-refractivity contribution is 5.93. The first-order valence-electron chi connectivity index (χ1n) is 8.75. The van der Waals surface area contributed by atoms with Gasteiger partial charge in [0.2, 0.25) is 0 Å². The van der Waals surface area contributed by atoms with E-state index in [1.807, 2.05) is 0 Å². The van der Waals surface area contributed by atoms with Crippen LogP contribution in [0.5, 0.6) is 11.5 Å². The van der Waals surface area contributed by atoms with Crippen LogP contribution in [0.3, 0.4) is 0 Å². The van der Waals surface area contributed by atoms with Crippen LogP contribution in [0.25, 0.3) is 10.9 Å². The van der Waals surface area contributed by atoms with Gasteiger partial charge >= 0.3 is 12.3 Å². The SMILES string of the molecule is CC(C)(C)OC(=O)Nc1cc(Oc2cccc(C(F)(F)F)c2)c2cccnc2c1. The minimum Gasteiger partial charge on any atom is -0.457 e. The fourth-order valence-electron chi connectivity index (χ4n) is 2.59. The smallest absolute Gasteiger partial charge is 0.416 e. The highest BCUT2D eigenvalue weighted by Gasteiger charge is 2.30. The average molecular weight is 404 g/mol. The first-order valence-corrected chi connectivity index (χ1v) is 8.75. The Kier molecular flexibility index (Phi) is 5.37. The molecule has 1 amide bonds. The molecule has 0 spiro atoms. The van der Waals surface area contributed by atoms with E-state index < -0.39 is 23.4 Å². The van der Waals surface area contributed by atoms with Crippen LogP contribution in [-0.4, -0.2) is 16.7 Å². The molecule has 5 nitrogen and oxygen atoms in total. The van der Waals surface area contributed by atoms with Gasteiger partial charge in [0.1, 0.15) is 17.1 Å². The van der Waals surface area contributed by atoms with Crippen LogP contribution in [0, 0.1) is 0 Å². The number of hydrogen-bond acceptors (Lipinski definition) is 4. The van der Waals surface area contributed by atoms with Crippen molar-refractivity contribution in [2.24, 2.45) is 0 Å². The van der Waals surface area contributed by atoms with Gasteiger partial charge in [-0.1, -0.05) is 6.07 Å². The number of alkyl halides is 3. The van der Waals surface area contributed by atoms with Crippen molar-refractivity contribution in [2.75, 3.05) is 5.32 Å². The molecule has 2 aromatic carbocycles. The van der Waals surface area contributed by atoms with E-state index in [0.29, 0.717) is 16.6 Å². The standard InChI is InChI=1S/C21H19F3N2O3/c1-20(2,3)29-19(27)26-14-11-17-16(8-5-9-25-17)18(12-14)28-15-7-4-6-13(10-15)21(22,23)24/h4-12H,1-3H3,(H,26,27). The van der Waals surface area contributed by atoms with Gasteiger partial charge in [-0.15, -0.1) is 0 Å². The van der Waals surface area contributed by atoms with Gasteiger partial charge in [-0.25, -0.2) is 4.79 Å². The number of halogens is 3. The summed E-state index contributed by atoms with van der Waals surface area (Å²) in [5, 5.41) is 3.17. The van der Waals surface area contributed by atoms with Crippen molar-refractivity contribution in [1.29, 1.82) is 0 Å². The van der Waals surface area contributed by atoms with Crippen molar-refractivity contribution in [1.82, 2.24) is 4.98 Å². The second-order valence-corrected chi connectivity index (χ2v) is 7.30. The summed E-state index contributed by atoms with van der Waals surface area (Å²) in [7, 11) is 0. The lowest BCUT2D eigenvalue weighted by atomic mass is 10.1. The van der Waals surface area contributed by atoms with E-state index in [1.165, 1.54) is 18.2 Å². The number of carbonyl (C=O) groups excluding carboxylic acids is 1. The van der Waals surface area contributed by atoms with Gasteiger partial charge in [0, 0.05) is 23.3 Å². The summed E-state index contributed by atoms with van der Waals surface area (Å²) in [4.78, 5) is 16.3. The molecule has 0 radical (unpaired) electrons. The number of carbonyl (C=O) groups is 1. The molecule has 152 valence electrons. The monoisotopic (exact) mass is 404 g/mol. The normalized spacial score (nSPS) is 11.9. The Bertz CT molecular complexity index is 1040. The average Bonchev–Trinajstić information content (AvgIpc) is 2.59. The second-order valence-electron chi connectivity index (χ2n) is 7.30. The summed E-state index contributed by atoms with van der Waals surface area (Å²) >= 11 is 0. The summed E-state index contributed by atoms with van der Waals surface area (Å²) in [5.41, 5.74) is -0.660. The number of aromatic nitrogens is 1. The largest absolute Gasteiger partial charge is 0.457 e. The molecule has 1 aromatic heterocycles. The van der Waals surface area contributed by atoms with Crippen molar-refractivity contribution >= 4 is 22.7 Å². The molecule has 0 aliphatic rings. The number of fused-ring (bicyclic) bond motifs is 1. The van der Waals surface area contributed by atoms with Crippen LogP contribution in [0.1, 0.15) is 26.3 Å². The Morgan fingerprint density at radius 1 is 1.03 bits per heavy atom. The molecule has 3 rings (SSSR count). The molecule has 0 saturated carbocycles. The molecule has 0 saturated heterocycles. The maximum absolute atomic E-state index is 13.0. The first-order chi connectivity index (χ1) is 13.5. The van der Waals surface area contributed by atoms with Crippen molar-refractivity contribution in [3.8, 4) is 11.5 Å². The molecule has 1 N–H and O–H groups in total. The Labute approximate surface area is 165 Å². The van der Waals surface area contributed by atoms with Crippen LogP contribution >= 0.6 is 0 Å². The maximum atomic E-state index is 13.0. The quantitative estimate of drug-likeness (QED) is 0.549. The number of nitrogens with one attached hydrogen (secondary N) is 1. The van der Waals surface area contributed by atoms with Gasteiger partial charge in [0.15, 0.2) is 0 Å². The van der Waals surface area contributed by atoms with Crippen molar-refractivity contribution < 1.29 is 27.4 Å². The Morgan fingerprint density at radius 2 is 1.79 bits per heavy atom. The summed E-state index contributed by atoms with van der Waals surface area (Å²) in [6.45, 7) is 5.20. The first kappa shape index (κ1) is 20.4. The van der Waals surface area contributed by atoms with Crippen LogP contribution in [0.2, 0.25) is 0 Å². The van der Waals surface area contributed by atoms with E-state index in [9.17, 15) is 18.0 Å². The molecule has 0 bridgehead atoms. The number of benzene rings is 2. The van der Waals surface area contributed by atoms with Crippen LogP contribution in [0.4, 0.5) is 23.7 Å².